The van der Waals surface area contributed by atoms with E-state index in [1.54, 1.807) is 0 Å². The first-order valence-corrected chi connectivity index (χ1v) is 8.76. The number of aryl methyl sites for hydroxylation is 1. The van der Waals surface area contributed by atoms with Gasteiger partial charge in [-0.15, -0.1) is 0 Å². The molecule has 2 rings (SSSR count). The van der Waals surface area contributed by atoms with Crippen LogP contribution in [0.25, 0.3) is 0 Å². The van der Waals surface area contributed by atoms with Crippen LogP contribution >= 0.6 is 0 Å². The average molecular weight is 354 g/mol. The third kappa shape index (κ3) is 5.43. The van der Waals surface area contributed by atoms with Gasteiger partial charge in [0.15, 0.2) is 0 Å². The molecule has 5 nitrogen and oxygen atoms in total. The Morgan fingerprint density at radius 2 is 1.81 bits per heavy atom. The minimum atomic E-state index is -0.480. The number of carbonyl (C=O) groups is 2. The molecule has 2 aromatic carbocycles. The molecule has 138 valence electrons. The summed E-state index contributed by atoms with van der Waals surface area (Å²) in [5, 5.41) is 2.78. The van der Waals surface area contributed by atoms with Gasteiger partial charge in [0, 0.05) is 0 Å². The molecule has 0 fully saturated rings. The minimum absolute atomic E-state index is 0.0290. The van der Waals surface area contributed by atoms with Gasteiger partial charge in [0.05, 0.1) is 19.0 Å². The summed E-state index contributed by atoms with van der Waals surface area (Å²) >= 11 is 0. The van der Waals surface area contributed by atoms with Crippen molar-refractivity contribution in [3.63, 3.8) is 0 Å². The molecular weight excluding hydrogens is 328 g/mol. The molecule has 0 aliphatic rings. The van der Waals surface area contributed by atoms with Gasteiger partial charge in [0.2, 0.25) is 5.91 Å². The highest BCUT2D eigenvalue weighted by Gasteiger charge is 2.20. The van der Waals surface area contributed by atoms with Crippen LogP contribution in [-0.4, -0.2) is 18.4 Å². The maximum Gasteiger partial charge on any atom is 0.313 e. The van der Waals surface area contributed by atoms with Gasteiger partial charge in [-0.1, -0.05) is 56.3 Å². The first-order chi connectivity index (χ1) is 12.4. The van der Waals surface area contributed by atoms with E-state index in [1.165, 1.54) is 0 Å². The van der Waals surface area contributed by atoms with E-state index >= 15 is 0 Å². The van der Waals surface area contributed by atoms with Gasteiger partial charge in [-0.2, -0.15) is 0 Å². The van der Waals surface area contributed by atoms with E-state index in [9.17, 15) is 9.59 Å². The number of esters is 1. The second-order valence-electron chi connectivity index (χ2n) is 6.61. The fraction of sp³-hybridized carbons (Fsp3) is 0.333. The largest absolute Gasteiger partial charge is 0.426 e. The second kappa shape index (κ2) is 9.15. The predicted molar refractivity (Wildman–Crippen MR) is 102 cm³/mol. The molecule has 0 spiro atoms. The number of benzene rings is 2. The average Bonchev–Trinajstić information content (AvgIpc) is 2.61. The van der Waals surface area contributed by atoms with Crippen molar-refractivity contribution in [1.29, 1.82) is 0 Å². The first-order valence-electron chi connectivity index (χ1n) is 8.76. The van der Waals surface area contributed by atoms with Gasteiger partial charge in [-0.25, -0.2) is 0 Å². The van der Waals surface area contributed by atoms with E-state index in [0.29, 0.717) is 5.75 Å². The molecule has 0 aliphatic carbocycles. The number of carbonyl (C=O) groups excluding carboxylic acids is 2. The third-order valence-electron chi connectivity index (χ3n) is 4.11. The van der Waals surface area contributed by atoms with Crippen LogP contribution < -0.4 is 15.8 Å². The van der Waals surface area contributed by atoms with Crippen molar-refractivity contribution in [1.82, 2.24) is 5.32 Å². The summed E-state index contributed by atoms with van der Waals surface area (Å²) in [5.41, 5.74) is 8.23. The zero-order chi connectivity index (χ0) is 19.1. The summed E-state index contributed by atoms with van der Waals surface area (Å²) in [6.45, 7) is 5.93. The van der Waals surface area contributed by atoms with Gasteiger partial charge in [0.1, 0.15) is 5.75 Å². The zero-order valence-corrected chi connectivity index (χ0v) is 15.5. The van der Waals surface area contributed by atoms with E-state index in [-0.39, 0.29) is 24.8 Å². The number of hydrogen-bond acceptors (Lipinski definition) is 4. The van der Waals surface area contributed by atoms with Crippen molar-refractivity contribution in [3.05, 3.63) is 65.2 Å². The van der Waals surface area contributed by atoms with Gasteiger partial charge in [-0.05, 0) is 35.6 Å². The Labute approximate surface area is 154 Å². The van der Waals surface area contributed by atoms with Crippen LogP contribution in [0.3, 0.4) is 0 Å². The maximum atomic E-state index is 12.5. The zero-order valence-electron chi connectivity index (χ0n) is 15.5. The molecule has 2 aromatic rings. The third-order valence-corrected chi connectivity index (χ3v) is 4.11. The second-order valence-corrected chi connectivity index (χ2v) is 6.61. The topological polar surface area (TPSA) is 81.4 Å². The fourth-order valence-electron chi connectivity index (χ4n) is 2.73. The molecule has 0 bridgehead atoms. The number of rotatable bonds is 7. The minimum Gasteiger partial charge on any atom is -0.426 e. The Kier molecular flexibility index (Phi) is 6.92. The normalized spacial score (nSPS) is 11.9. The molecule has 0 saturated heterocycles. The molecule has 0 aromatic heterocycles. The summed E-state index contributed by atoms with van der Waals surface area (Å²) < 4.78 is 5.63. The quantitative estimate of drug-likeness (QED) is 0.591. The summed E-state index contributed by atoms with van der Waals surface area (Å²) in [4.78, 5) is 24.3. The summed E-state index contributed by atoms with van der Waals surface area (Å²) in [7, 11) is 0. The molecule has 0 radical (unpaired) electrons. The van der Waals surface area contributed by atoms with Crippen LogP contribution in [-0.2, 0) is 9.59 Å². The molecule has 1 amide bonds. The van der Waals surface area contributed by atoms with E-state index < -0.39 is 12.0 Å². The highest BCUT2D eigenvalue weighted by atomic mass is 16.5. The van der Waals surface area contributed by atoms with Crippen molar-refractivity contribution in [2.45, 2.75) is 39.2 Å². The number of ether oxygens (including phenoxy) is 1. The van der Waals surface area contributed by atoms with E-state index in [1.807, 2.05) is 55.5 Å². The number of hydrogen-bond donors (Lipinski definition) is 2. The lowest BCUT2D eigenvalue weighted by Crippen LogP contribution is -2.35. The van der Waals surface area contributed by atoms with Crippen LogP contribution in [0.15, 0.2) is 48.5 Å². The van der Waals surface area contributed by atoms with Crippen LogP contribution in [0.2, 0.25) is 0 Å². The summed E-state index contributed by atoms with van der Waals surface area (Å²) in [6, 6.07) is 14.7. The Bertz CT molecular complexity index is 757. The van der Waals surface area contributed by atoms with Gasteiger partial charge >= 0.3 is 5.97 Å². The number of amides is 1. The standard InChI is InChI=1S/C21H26N2O3/c1-14(2)17-10-9-15(3)11-19(17)26-21(25)12-18(23-20(24)13-22)16-7-5-4-6-8-16/h4-11,14,18H,12-13,22H2,1-3H3,(H,23,24)/t18-/m1/s1. The SMILES string of the molecule is Cc1ccc(C(C)C)c(OC(=O)C[C@@H](NC(=O)CN)c2ccccc2)c1. The van der Waals surface area contributed by atoms with Crippen LogP contribution in [0.5, 0.6) is 5.75 Å². The lowest BCUT2D eigenvalue weighted by atomic mass is 10.0. The number of nitrogens with two attached hydrogens (primary N) is 1. The lowest BCUT2D eigenvalue weighted by molar-refractivity contribution is -0.135. The summed E-state index contributed by atoms with van der Waals surface area (Å²) in [6.07, 6.45) is 0.0290. The molecule has 5 heteroatoms. The Morgan fingerprint density at radius 1 is 1.12 bits per heavy atom. The maximum absolute atomic E-state index is 12.5. The van der Waals surface area contributed by atoms with Gasteiger partial charge in [0.25, 0.3) is 0 Å². The molecular formula is C21H26N2O3. The fourth-order valence-corrected chi connectivity index (χ4v) is 2.73. The van der Waals surface area contributed by atoms with E-state index in [4.69, 9.17) is 10.5 Å². The van der Waals surface area contributed by atoms with Crippen molar-refractivity contribution in [3.8, 4) is 5.75 Å². The molecule has 0 aliphatic heterocycles. The highest BCUT2D eigenvalue weighted by Crippen LogP contribution is 2.28. The Hall–Kier alpha value is -2.66. The van der Waals surface area contributed by atoms with E-state index in [0.717, 1.165) is 16.7 Å². The Balaban J connectivity index is 2.17. The lowest BCUT2D eigenvalue weighted by Gasteiger charge is -2.19. The van der Waals surface area contributed by atoms with Crippen molar-refractivity contribution >= 4 is 11.9 Å². The van der Waals surface area contributed by atoms with E-state index in [2.05, 4.69) is 19.2 Å². The molecule has 0 heterocycles. The Morgan fingerprint density at radius 3 is 2.42 bits per heavy atom. The summed E-state index contributed by atoms with van der Waals surface area (Å²) in [5.74, 6) is 0.0935. The molecule has 0 saturated carbocycles. The molecule has 3 N–H and O–H groups in total. The van der Waals surface area contributed by atoms with Crippen LogP contribution in [0, 0.1) is 6.92 Å². The molecule has 0 unspecified atom stereocenters. The number of nitrogens with one attached hydrogen (secondary N) is 1. The van der Waals surface area contributed by atoms with Crippen LogP contribution in [0.1, 0.15) is 48.9 Å². The monoisotopic (exact) mass is 354 g/mol. The molecule has 26 heavy (non-hydrogen) atoms. The highest BCUT2D eigenvalue weighted by molar-refractivity contribution is 5.80. The van der Waals surface area contributed by atoms with Gasteiger partial charge in [-0.3, -0.25) is 9.59 Å². The van der Waals surface area contributed by atoms with Crippen LogP contribution in [0.4, 0.5) is 0 Å². The van der Waals surface area contributed by atoms with Crippen molar-refractivity contribution in [2.75, 3.05) is 6.54 Å². The van der Waals surface area contributed by atoms with Gasteiger partial charge < -0.3 is 15.8 Å². The first kappa shape index (κ1) is 19.7. The molecule has 1 atom stereocenters. The van der Waals surface area contributed by atoms with Crippen molar-refractivity contribution in [2.24, 2.45) is 5.73 Å². The smallest absolute Gasteiger partial charge is 0.313 e. The van der Waals surface area contributed by atoms with Crippen molar-refractivity contribution < 1.29 is 14.3 Å². The predicted octanol–water partition coefficient (Wildman–Crippen LogP) is 3.23.